The molecule has 5 nitrogen and oxygen atoms in total. The normalized spacial score (nSPS) is 16.1. The van der Waals surface area contributed by atoms with Gasteiger partial charge in [-0.15, -0.1) is 0 Å². The fraction of sp³-hybridized carbons (Fsp3) is 0.750. The van der Waals surface area contributed by atoms with Crippen molar-refractivity contribution in [3.63, 3.8) is 0 Å². The van der Waals surface area contributed by atoms with Crippen LogP contribution in [0.25, 0.3) is 0 Å². The van der Waals surface area contributed by atoms with E-state index in [4.69, 9.17) is 5.73 Å². The van der Waals surface area contributed by atoms with Crippen molar-refractivity contribution < 1.29 is 9.59 Å². The van der Waals surface area contributed by atoms with E-state index in [1.54, 1.807) is 0 Å². The van der Waals surface area contributed by atoms with Gasteiger partial charge in [-0.05, 0) is 19.3 Å². The molecule has 4 N–H and O–H groups in total. The quantitative estimate of drug-likeness (QED) is 0.510. The molecular weight excluding hydrogens is 170 g/mol. The van der Waals surface area contributed by atoms with Crippen LogP contribution < -0.4 is 16.4 Å². The maximum absolute atomic E-state index is 11.1. The van der Waals surface area contributed by atoms with Crippen LogP contribution in [0.2, 0.25) is 0 Å². The summed E-state index contributed by atoms with van der Waals surface area (Å²) in [5.74, 6) is -0.435. The minimum absolute atomic E-state index is 0.0343. The average molecular weight is 185 g/mol. The number of amides is 2. The summed E-state index contributed by atoms with van der Waals surface area (Å²) in [5, 5.41) is 5.21. The van der Waals surface area contributed by atoms with E-state index in [1.165, 1.54) is 6.42 Å². The second-order valence-corrected chi connectivity index (χ2v) is 3.18. The standard InChI is InChI=1S/C8H15N3O2/c9-4-7(12)10-5-8(13)11-6-2-1-3-6/h6H,1-5,9H2,(H,10,12)(H,11,13). The molecule has 0 aliphatic heterocycles. The Morgan fingerprint density at radius 3 is 2.46 bits per heavy atom. The highest BCUT2D eigenvalue weighted by molar-refractivity contribution is 5.85. The lowest BCUT2D eigenvalue weighted by molar-refractivity contribution is -0.126. The number of hydrogen-bond donors (Lipinski definition) is 3. The number of carbonyl (C=O) groups excluding carboxylic acids is 2. The molecule has 2 amide bonds. The number of nitrogens with one attached hydrogen (secondary N) is 2. The third kappa shape index (κ3) is 3.42. The second kappa shape index (κ2) is 4.81. The van der Waals surface area contributed by atoms with Gasteiger partial charge in [-0.3, -0.25) is 9.59 Å². The highest BCUT2D eigenvalue weighted by atomic mass is 16.2. The van der Waals surface area contributed by atoms with Crippen molar-refractivity contribution in [1.82, 2.24) is 10.6 Å². The SMILES string of the molecule is NCC(=O)NCC(=O)NC1CCC1. The van der Waals surface area contributed by atoms with Crippen molar-refractivity contribution >= 4 is 11.8 Å². The monoisotopic (exact) mass is 185 g/mol. The van der Waals surface area contributed by atoms with Crippen molar-refractivity contribution in [3.8, 4) is 0 Å². The Kier molecular flexibility index (Phi) is 3.70. The van der Waals surface area contributed by atoms with Gasteiger partial charge in [0.15, 0.2) is 0 Å². The maximum Gasteiger partial charge on any atom is 0.239 e. The van der Waals surface area contributed by atoms with E-state index in [2.05, 4.69) is 10.6 Å². The van der Waals surface area contributed by atoms with Gasteiger partial charge in [-0.1, -0.05) is 0 Å². The van der Waals surface area contributed by atoms with E-state index >= 15 is 0 Å². The first-order valence-electron chi connectivity index (χ1n) is 4.48. The van der Waals surface area contributed by atoms with Crippen LogP contribution in [0.1, 0.15) is 19.3 Å². The molecule has 5 heteroatoms. The Bertz CT molecular complexity index is 202. The molecule has 0 radical (unpaired) electrons. The van der Waals surface area contributed by atoms with Crippen molar-refractivity contribution in [1.29, 1.82) is 0 Å². The van der Waals surface area contributed by atoms with E-state index in [-0.39, 0.29) is 24.9 Å². The molecule has 1 fully saturated rings. The third-order valence-electron chi connectivity index (χ3n) is 2.10. The van der Waals surface area contributed by atoms with Crippen molar-refractivity contribution in [3.05, 3.63) is 0 Å². The molecule has 0 aromatic rings. The van der Waals surface area contributed by atoms with Gasteiger partial charge in [-0.2, -0.15) is 0 Å². The molecule has 74 valence electrons. The molecule has 0 aromatic carbocycles. The summed E-state index contributed by atoms with van der Waals surface area (Å²) >= 11 is 0. The van der Waals surface area contributed by atoms with Gasteiger partial charge in [0.2, 0.25) is 11.8 Å². The third-order valence-corrected chi connectivity index (χ3v) is 2.10. The second-order valence-electron chi connectivity index (χ2n) is 3.18. The van der Waals surface area contributed by atoms with Crippen LogP contribution in [0, 0.1) is 0 Å². The molecule has 1 rings (SSSR count). The topological polar surface area (TPSA) is 84.2 Å². The zero-order valence-electron chi connectivity index (χ0n) is 7.51. The zero-order chi connectivity index (χ0) is 9.68. The molecule has 0 spiro atoms. The molecule has 0 heterocycles. The van der Waals surface area contributed by atoms with Crippen LogP contribution in [0.4, 0.5) is 0 Å². The predicted molar refractivity (Wildman–Crippen MR) is 47.8 cm³/mol. The summed E-state index contributed by atoms with van der Waals surface area (Å²) in [6, 6.07) is 0.322. The molecule has 0 saturated heterocycles. The lowest BCUT2D eigenvalue weighted by atomic mass is 9.93. The van der Waals surface area contributed by atoms with Crippen LogP contribution in [0.3, 0.4) is 0 Å². The van der Waals surface area contributed by atoms with E-state index in [9.17, 15) is 9.59 Å². The number of rotatable bonds is 4. The van der Waals surface area contributed by atoms with Gasteiger partial charge in [0, 0.05) is 6.04 Å². The van der Waals surface area contributed by atoms with Crippen molar-refractivity contribution in [2.45, 2.75) is 25.3 Å². The first kappa shape index (κ1) is 9.98. The molecule has 13 heavy (non-hydrogen) atoms. The number of hydrogen-bond acceptors (Lipinski definition) is 3. The largest absolute Gasteiger partial charge is 0.352 e. The van der Waals surface area contributed by atoms with Crippen LogP contribution in [-0.4, -0.2) is 30.9 Å². The van der Waals surface area contributed by atoms with Gasteiger partial charge in [0.1, 0.15) is 0 Å². The van der Waals surface area contributed by atoms with E-state index in [0.29, 0.717) is 6.04 Å². The highest BCUT2D eigenvalue weighted by Gasteiger charge is 2.19. The molecule has 1 saturated carbocycles. The molecule has 0 atom stereocenters. The van der Waals surface area contributed by atoms with Crippen molar-refractivity contribution in [2.24, 2.45) is 5.73 Å². The van der Waals surface area contributed by atoms with Crippen LogP contribution in [0.5, 0.6) is 0 Å². The molecule has 1 aliphatic rings. The smallest absolute Gasteiger partial charge is 0.239 e. The summed E-state index contributed by atoms with van der Waals surface area (Å²) < 4.78 is 0. The Labute approximate surface area is 77.1 Å². The Hall–Kier alpha value is -1.10. The number of nitrogens with two attached hydrogens (primary N) is 1. The molecule has 0 bridgehead atoms. The predicted octanol–water partition coefficient (Wildman–Crippen LogP) is -1.27. The van der Waals surface area contributed by atoms with Gasteiger partial charge < -0.3 is 16.4 Å². The summed E-state index contributed by atoms with van der Waals surface area (Å²) in [6.45, 7) is -0.0385. The van der Waals surface area contributed by atoms with E-state index < -0.39 is 0 Å². The van der Waals surface area contributed by atoms with Crippen molar-refractivity contribution in [2.75, 3.05) is 13.1 Å². The van der Waals surface area contributed by atoms with Gasteiger partial charge in [0.05, 0.1) is 13.1 Å². The maximum atomic E-state index is 11.1. The fourth-order valence-electron chi connectivity index (χ4n) is 1.08. The van der Waals surface area contributed by atoms with Gasteiger partial charge in [0.25, 0.3) is 0 Å². The molecular formula is C8H15N3O2. The van der Waals surface area contributed by atoms with Crippen LogP contribution in [-0.2, 0) is 9.59 Å². The van der Waals surface area contributed by atoms with Gasteiger partial charge >= 0.3 is 0 Å². The summed E-state index contributed by atoms with van der Waals surface area (Å²) in [4.78, 5) is 21.8. The first-order valence-corrected chi connectivity index (χ1v) is 4.48. The Morgan fingerprint density at radius 2 is 2.00 bits per heavy atom. The molecule has 0 aromatic heterocycles. The fourth-order valence-corrected chi connectivity index (χ4v) is 1.08. The van der Waals surface area contributed by atoms with Crippen LogP contribution in [0.15, 0.2) is 0 Å². The van der Waals surface area contributed by atoms with Gasteiger partial charge in [-0.25, -0.2) is 0 Å². The lowest BCUT2D eigenvalue weighted by Gasteiger charge is -2.26. The molecule has 0 unspecified atom stereocenters. The number of carbonyl (C=O) groups is 2. The van der Waals surface area contributed by atoms with Crippen LogP contribution >= 0.6 is 0 Å². The average Bonchev–Trinajstić information content (AvgIpc) is 2.07. The van der Waals surface area contributed by atoms with E-state index in [1.807, 2.05) is 0 Å². The highest BCUT2D eigenvalue weighted by Crippen LogP contribution is 2.17. The Balaban J connectivity index is 2.06. The molecule has 1 aliphatic carbocycles. The minimum atomic E-state index is -0.302. The first-order chi connectivity index (χ1) is 6.22. The summed E-state index contributed by atoms with van der Waals surface area (Å²) in [5.41, 5.74) is 5.05. The summed E-state index contributed by atoms with van der Waals surface area (Å²) in [6.07, 6.45) is 3.28. The van der Waals surface area contributed by atoms with E-state index in [0.717, 1.165) is 12.8 Å². The summed E-state index contributed by atoms with van der Waals surface area (Å²) in [7, 11) is 0. The Morgan fingerprint density at radius 1 is 1.31 bits per heavy atom. The zero-order valence-corrected chi connectivity index (χ0v) is 7.51. The lowest BCUT2D eigenvalue weighted by Crippen LogP contribution is -2.45. The minimum Gasteiger partial charge on any atom is -0.352 e.